The molecule has 0 radical (unpaired) electrons. The van der Waals surface area contributed by atoms with Gasteiger partial charge < -0.3 is 14.6 Å². The molecule has 0 bridgehead atoms. The van der Waals surface area contributed by atoms with Crippen LogP contribution in [0.25, 0.3) is 0 Å². The van der Waals surface area contributed by atoms with Gasteiger partial charge >= 0.3 is 0 Å². The molecule has 1 aromatic carbocycles. The molecule has 2 atom stereocenters. The minimum atomic E-state index is -3.29. The summed E-state index contributed by atoms with van der Waals surface area (Å²) < 4.78 is 33.6. The summed E-state index contributed by atoms with van der Waals surface area (Å²) in [5, 5.41) is 9.19. The zero-order chi connectivity index (χ0) is 13.3. The Morgan fingerprint density at radius 3 is 2.44 bits per heavy atom. The number of benzene rings is 1. The molecular formula is C12H16O5S. The van der Waals surface area contributed by atoms with Crippen molar-refractivity contribution < 1.29 is 23.0 Å². The average molecular weight is 272 g/mol. The number of sulfone groups is 1. The number of fused-ring (bicyclic) bond motifs is 1. The predicted octanol–water partition coefficient (Wildman–Crippen LogP) is 0.924. The van der Waals surface area contributed by atoms with Crippen molar-refractivity contribution in [2.45, 2.75) is 18.3 Å². The van der Waals surface area contributed by atoms with Gasteiger partial charge in [0.2, 0.25) is 0 Å². The molecule has 1 aromatic rings. The van der Waals surface area contributed by atoms with Crippen LogP contribution in [0.15, 0.2) is 18.2 Å². The van der Waals surface area contributed by atoms with E-state index in [1.807, 2.05) is 0 Å². The Morgan fingerprint density at radius 1 is 1.22 bits per heavy atom. The maximum Gasteiger partial charge on any atom is 0.161 e. The Bertz CT molecular complexity index is 537. The standard InChI is InChI=1S/C12H16O5S/c1-8(18(2,14)15)12(13)9-3-4-10-11(7-9)17-6-5-16-10/h3-4,7-8,12-13H,5-6H2,1-2H3. The number of aliphatic hydroxyl groups excluding tert-OH is 1. The molecule has 0 spiro atoms. The van der Waals surface area contributed by atoms with Crippen molar-refractivity contribution >= 4 is 9.84 Å². The Morgan fingerprint density at radius 2 is 1.83 bits per heavy atom. The van der Waals surface area contributed by atoms with Gasteiger partial charge in [0.05, 0.1) is 11.4 Å². The van der Waals surface area contributed by atoms with Crippen LogP contribution in [0, 0.1) is 0 Å². The number of hydrogen-bond acceptors (Lipinski definition) is 5. The molecule has 6 heteroatoms. The predicted molar refractivity (Wildman–Crippen MR) is 66.7 cm³/mol. The highest BCUT2D eigenvalue weighted by Crippen LogP contribution is 2.34. The molecule has 0 saturated heterocycles. The van der Waals surface area contributed by atoms with Gasteiger partial charge in [0.25, 0.3) is 0 Å². The molecule has 0 aromatic heterocycles. The number of ether oxygens (including phenoxy) is 2. The van der Waals surface area contributed by atoms with E-state index in [0.717, 1.165) is 6.26 Å². The molecule has 1 aliphatic rings. The topological polar surface area (TPSA) is 72.8 Å². The quantitative estimate of drug-likeness (QED) is 0.886. The molecule has 1 N–H and O–H groups in total. The lowest BCUT2D eigenvalue weighted by Crippen LogP contribution is -2.24. The van der Waals surface area contributed by atoms with Crippen LogP contribution in [-0.2, 0) is 9.84 Å². The highest BCUT2D eigenvalue weighted by atomic mass is 32.2. The second-order valence-electron chi connectivity index (χ2n) is 4.38. The van der Waals surface area contributed by atoms with Crippen LogP contribution in [0.2, 0.25) is 0 Å². The van der Waals surface area contributed by atoms with Crippen LogP contribution in [0.4, 0.5) is 0 Å². The van der Waals surface area contributed by atoms with E-state index >= 15 is 0 Å². The van der Waals surface area contributed by atoms with E-state index in [9.17, 15) is 13.5 Å². The van der Waals surface area contributed by atoms with Crippen molar-refractivity contribution in [2.75, 3.05) is 19.5 Å². The summed E-state index contributed by atoms with van der Waals surface area (Å²) in [5.74, 6) is 1.16. The monoisotopic (exact) mass is 272 g/mol. The number of aliphatic hydroxyl groups is 1. The van der Waals surface area contributed by atoms with Gasteiger partial charge in [-0.2, -0.15) is 0 Å². The van der Waals surface area contributed by atoms with Gasteiger partial charge in [0, 0.05) is 6.26 Å². The van der Waals surface area contributed by atoms with Gasteiger partial charge in [0.1, 0.15) is 13.2 Å². The fraction of sp³-hybridized carbons (Fsp3) is 0.500. The van der Waals surface area contributed by atoms with Gasteiger partial charge in [-0.05, 0) is 24.6 Å². The molecule has 0 saturated carbocycles. The van der Waals surface area contributed by atoms with Crippen molar-refractivity contribution in [1.82, 2.24) is 0 Å². The Balaban J connectivity index is 2.29. The Kier molecular flexibility index (Phi) is 3.49. The molecule has 0 amide bonds. The van der Waals surface area contributed by atoms with E-state index in [2.05, 4.69) is 0 Å². The summed E-state index contributed by atoms with van der Waals surface area (Å²) in [7, 11) is -3.29. The molecule has 18 heavy (non-hydrogen) atoms. The third-order valence-corrected chi connectivity index (χ3v) is 4.64. The summed E-state index contributed by atoms with van der Waals surface area (Å²) in [6.07, 6.45) is 0.0367. The smallest absolute Gasteiger partial charge is 0.161 e. The SMILES string of the molecule is CC(C(O)c1ccc2c(c1)OCCO2)S(C)(=O)=O. The van der Waals surface area contributed by atoms with Crippen molar-refractivity contribution in [3.05, 3.63) is 23.8 Å². The second kappa shape index (κ2) is 4.78. The van der Waals surface area contributed by atoms with E-state index in [4.69, 9.17) is 9.47 Å². The molecule has 1 heterocycles. The van der Waals surface area contributed by atoms with E-state index in [1.165, 1.54) is 6.92 Å². The molecule has 1 aliphatic heterocycles. The fourth-order valence-corrected chi connectivity index (χ4v) is 2.37. The Hall–Kier alpha value is -1.27. The largest absolute Gasteiger partial charge is 0.486 e. The van der Waals surface area contributed by atoms with Crippen LogP contribution in [0.5, 0.6) is 11.5 Å². The number of rotatable bonds is 3. The second-order valence-corrected chi connectivity index (χ2v) is 6.79. The van der Waals surface area contributed by atoms with Crippen LogP contribution in [0.1, 0.15) is 18.6 Å². The van der Waals surface area contributed by atoms with Gasteiger partial charge in [-0.25, -0.2) is 8.42 Å². The van der Waals surface area contributed by atoms with Gasteiger partial charge in [-0.15, -0.1) is 0 Å². The molecular weight excluding hydrogens is 256 g/mol. The third-order valence-electron chi connectivity index (χ3n) is 3.03. The minimum absolute atomic E-state index is 0.453. The normalized spacial score (nSPS) is 18.2. The summed E-state index contributed by atoms with van der Waals surface area (Å²) in [4.78, 5) is 0. The van der Waals surface area contributed by atoms with Crippen molar-refractivity contribution in [1.29, 1.82) is 0 Å². The first-order chi connectivity index (χ1) is 8.39. The van der Waals surface area contributed by atoms with Crippen LogP contribution < -0.4 is 9.47 Å². The van der Waals surface area contributed by atoms with E-state index in [-0.39, 0.29) is 0 Å². The fourth-order valence-electron chi connectivity index (χ4n) is 1.75. The lowest BCUT2D eigenvalue weighted by molar-refractivity contribution is 0.163. The summed E-state index contributed by atoms with van der Waals surface area (Å²) >= 11 is 0. The van der Waals surface area contributed by atoms with E-state index in [1.54, 1.807) is 18.2 Å². The first-order valence-electron chi connectivity index (χ1n) is 5.66. The molecule has 0 fully saturated rings. The highest BCUT2D eigenvalue weighted by molar-refractivity contribution is 7.91. The third kappa shape index (κ3) is 2.59. The zero-order valence-electron chi connectivity index (χ0n) is 10.3. The first-order valence-corrected chi connectivity index (χ1v) is 7.61. The number of hydrogen-bond donors (Lipinski definition) is 1. The van der Waals surface area contributed by atoms with Gasteiger partial charge in [-0.1, -0.05) is 6.07 Å². The summed E-state index contributed by atoms with van der Waals surface area (Å²) in [6.45, 7) is 2.43. The Labute approximate surface area is 106 Å². The van der Waals surface area contributed by atoms with E-state index < -0.39 is 21.2 Å². The van der Waals surface area contributed by atoms with E-state index in [0.29, 0.717) is 30.3 Å². The van der Waals surface area contributed by atoms with Crippen LogP contribution in [0.3, 0.4) is 0 Å². The summed E-state index contributed by atoms with van der Waals surface area (Å²) in [5.41, 5.74) is 0.511. The van der Waals surface area contributed by atoms with Crippen molar-refractivity contribution in [3.63, 3.8) is 0 Å². The maximum absolute atomic E-state index is 11.4. The lowest BCUT2D eigenvalue weighted by atomic mass is 10.1. The van der Waals surface area contributed by atoms with Crippen LogP contribution >= 0.6 is 0 Å². The van der Waals surface area contributed by atoms with Crippen LogP contribution in [-0.4, -0.2) is 38.2 Å². The molecule has 5 nitrogen and oxygen atoms in total. The minimum Gasteiger partial charge on any atom is -0.486 e. The molecule has 2 rings (SSSR count). The highest BCUT2D eigenvalue weighted by Gasteiger charge is 2.26. The van der Waals surface area contributed by atoms with Gasteiger partial charge in [0.15, 0.2) is 21.3 Å². The van der Waals surface area contributed by atoms with Gasteiger partial charge in [-0.3, -0.25) is 0 Å². The maximum atomic E-state index is 11.4. The average Bonchev–Trinajstić information content (AvgIpc) is 2.35. The zero-order valence-corrected chi connectivity index (χ0v) is 11.1. The van der Waals surface area contributed by atoms with Crippen molar-refractivity contribution in [3.8, 4) is 11.5 Å². The van der Waals surface area contributed by atoms with Crippen molar-refractivity contribution in [2.24, 2.45) is 0 Å². The molecule has 0 aliphatic carbocycles. The lowest BCUT2D eigenvalue weighted by Gasteiger charge is -2.22. The molecule has 100 valence electrons. The first kappa shape index (κ1) is 13.2. The molecule has 2 unspecified atom stereocenters. The summed E-state index contributed by atoms with van der Waals surface area (Å²) in [6, 6.07) is 4.96.